The highest BCUT2D eigenvalue weighted by atomic mass is 16.5. The number of alkyl carbamates (subject to hydrolysis) is 1. The van der Waals surface area contributed by atoms with E-state index >= 15 is 0 Å². The molecule has 0 saturated carbocycles. The Hall–Kier alpha value is -2.61. The number of nitrogens with zero attached hydrogens (tertiary/aromatic N) is 1. The molecule has 8 nitrogen and oxygen atoms in total. The molecule has 2 atom stereocenters. The molecule has 1 saturated heterocycles. The summed E-state index contributed by atoms with van der Waals surface area (Å²) < 4.78 is 4.67. The second-order valence-electron chi connectivity index (χ2n) is 6.70. The highest BCUT2D eigenvalue weighted by Gasteiger charge is 2.30. The number of benzene rings is 1. The third kappa shape index (κ3) is 6.90. The van der Waals surface area contributed by atoms with Gasteiger partial charge in [-0.25, -0.2) is 4.79 Å². The molecule has 1 aliphatic rings. The minimum Gasteiger partial charge on any atom is -0.480 e. The van der Waals surface area contributed by atoms with Gasteiger partial charge in [0.05, 0.1) is 13.7 Å². The summed E-state index contributed by atoms with van der Waals surface area (Å²) in [7, 11) is 1.27. The van der Waals surface area contributed by atoms with Crippen molar-refractivity contribution >= 4 is 18.0 Å². The zero-order valence-electron chi connectivity index (χ0n) is 15.5. The van der Waals surface area contributed by atoms with Crippen LogP contribution in [0.2, 0.25) is 0 Å². The summed E-state index contributed by atoms with van der Waals surface area (Å²) >= 11 is 0. The third-order valence-corrected chi connectivity index (χ3v) is 4.60. The van der Waals surface area contributed by atoms with Gasteiger partial charge in [0, 0.05) is 26.1 Å². The van der Waals surface area contributed by atoms with Gasteiger partial charge in [-0.1, -0.05) is 30.3 Å². The van der Waals surface area contributed by atoms with Crippen LogP contribution in [-0.4, -0.2) is 67.3 Å². The Morgan fingerprint density at radius 3 is 2.70 bits per heavy atom. The smallest absolute Gasteiger partial charge is 0.407 e. The summed E-state index contributed by atoms with van der Waals surface area (Å²) in [4.78, 5) is 37.1. The van der Waals surface area contributed by atoms with E-state index in [9.17, 15) is 14.4 Å². The molecule has 0 spiro atoms. The molecule has 2 unspecified atom stereocenters. The number of nitrogens with one attached hydrogen (secondary N) is 2. The first-order chi connectivity index (χ1) is 13.0. The van der Waals surface area contributed by atoms with Gasteiger partial charge in [-0.05, 0) is 24.3 Å². The molecule has 1 fully saturated rings. The molecule has 8 heteroatoms. The topological polar surface area (TPSA) is 108 Å². The number of carboxylic acid groups (broad SMARTS) is 1. The minimum absolute atomic E-state index is 0.0923. The fourth-order valence-corrected chi connectivity index (χ4v) is 3.29. The van der Waals surface area contributed by atoms with Crippen LogP contribution in [0.4, 0.5) is 4.79 Å². The van der Waals surface area contributed by atoms with E-state index in [1.54, 1.807) is 4.90 Å². The van der Waals surface area contributed by atoms with E-state index in [1.807, 2.05) is 30.3 Å². The van der Waals surface area contributed by atoms with Crippen molar-refractivity contribution in [2.45, 2.75) is 25.3 Å². The van der Waals surface area contributed by atoms with Gasteiger partial charge in [-0.3, -0.25) is 9.59 Å². The molecule has 1 aromatic carbocycles. The number of aliphatic carboxylic acids is 1. The van der Waals surface area contributed by atoms with Gasteiger partial charge in [-0.15, -0.1) is 0 Å². The van der Waals surface area contributed by atoms with Crippen molar-refractivity contribution in [3.8, 4) is 0 Å². The zero-order valence-corrected chi connectivity index (χ0v) is 15.5. The largest absolute Gasteiger partial charge is 0.480 e. The normalized spacial score (nSPS) is 17.8. The number of rotatable bonds is 8. The van der Waals surface area contributed by atoms with E-state index in [-0.39, 0.29) is 18.4 Å². The first kappa shape index (κ1) is 20.7. The maximum Gasteiger partial charge on any atom is 0.407 e. The predicted molar refractivity (Wildman–Crippen MR) is 99.3 cm³/mol. The third-order valence-electron chi connectivity index (χ3n) is 4.60. The van der Waals surface area contributed by atoms with Crippen molar-refractivity contribution in [3.05, 3.63) is 35.9 Å². The lowest BCUT2D eigenvalue weighted by Crippen LogP contribution is -2.53. The zero-order chi connectivity index (χ0) is 19.6. The van der Waals surface area contributed by atoms with Crippen LogP contribution in [0, 0.1) is 5.92 Å². The number of carbonyl (C=O) groups is 3. The van der Waals surface area contributed by atoms with E-state index < -0.39 is 18.1 Å². The van der Waals surface area contributed by atoms with Crippen LogP contribution in [0.3, 0.4) is 0 Å². The molecule has 1 aliphatic heterocycles. The average Bonchev–Trinajstić information content (AvgIpc) is 2.67. The van der Waals surface area contributed by atoms with Gasteiger partial charge in [0.15, 0.2) is 0 Å². The van der Waals surface area contributed by atoms with Gasteiger partial charge in [0.25, 0.3) is 0 Å². The number of carboxylic acids is 1. The summed E-state index contributed by atoms with van der Waals surface area (Å²) in [5, 5.41) is 14.3. The highest BCUT2D eigenvalue weighted by Crippen LogP contribution is 2.17. The molecule has 0 radical (unpaired) electrons. The number of amides is 2. The molecule has 148 valence electrons. The molecule has 2 rings (SSSR count). The van der Waals surface area contributed by atoms with E-state index in [0.717, 1.165) is 18.4 Å². The standard InChI is InChI=1S/C19H27N3O5/c1-27-19(26)21-16(10-14-6-3-2-4-7-14)18(25)22-9-5-8-15(13-22)11-20-12-17(23)24/h2-4,6-7,15-16,20H,5,8-13H2,1H3,(H,21,26)(H,23,24). The molecule has 3 N–H and O–H groups in total. The lowest BCUT2D eigenvalue weighted by atomic mass is 9.96. The Labute approximate surface area is 158 Å². The number of likely N-dealkylation sites (tertiary alicyclic amines) is 1. The molecule has 2 amide bonds. The maximum atomic E-state index is 13.0. The van der Waals surface area contributed by atoms with Gasteiger partial charge >= 0.3 is 12.1 Å². The fraction of sp³-hybridized carbons (Fsp3) is 0.526. The molecular weight excluding hydrogens is 350 g/mol. The van der Waals surface area contributed by atoms with Crippen molar-refractivity contribution in [1.82, 2.24) is 15.5 Å². The van der Waals surface area contributed by atoms with Gasteiger partial charge in [-0.2, -0.15) is 0 Å². The molecule has 27 heavy (non-hydrogen) atoms. The monoisotopic (exact) mass is 377 g/mol. The summed E-state index contributed by atoms with van der Waals surface area (Å²) in [6.45, 7) is 1.62. The summed E-state index contributed by atoms with van der Waals surface area (Å²) in [5.41, 5.74) is 0.948. The number of piperidine rings is 1. The molecule has 0 bridgehead atoms. The second kappa shape index (κ2) is 10.5. The van der Waals surface area contributed by atoms with Crippen LogP contribution in [0.5, 0.6) is 0 Å². The van der Waals surface area contributed by atoms with Gasteiger partial charge in [0.1, 0.15) is 6.04 Å². The summed E-state index contributed by atoms with van der Waals surface area (Å²) in [5.74, 6) is -0.853. The van der Waals surface area contributed by atoms with Gasteiger partial charge in [0.2, 0.25) is 5.91 Å². The van der Waals surface area contributed by atoms with Crippen LogP contribution in [0.1, 0.15) is 18.4 Å². The predicted octanol–water partition coefficient (Wildman–Crippen LogP) is 0.867. The number of carbonyl (C=O) groups excluding carboxylic acids is 2. The van der Waals surface area contributed by atoms with Crippen LogP contribution < -0.4 is 10.6 Å². The molecule has 0 aliphatic carbocycles. The highest BCUT2D eigenvalue weighted by molar-refractivity contribution is 5.86. The number of hydrogen-bond acceptors (Lipinski definition) is 5. The summed E-state index contributed by atoms with van der Waals surface area (Å²) in [6.07, 6.45) is 1.53. The Morgan fingerprint density at radius 1 is 1.30 bits per heavy atom. The lowest BCUT2D eigenvalue weighted by Gasteiger charge is -2.35. The Bertz CT molecular complexity index is 637. The Morgan fingerprint density at radius 2 is 2.04 bits per heavy atom. The van der Waals surface area contributed by atoms with Crippen LogP contribution >= 0.6 is 0 Å². The number of ether oxygens (including phenoxy) is 1. The van der Waals surface area contributed by atoms with E-state index in [2.05, 4.69) is 15.4 Å². The molecular formula is C19H27N3O5. The van der Waals surface area contributed by atoms with Crippen LogP contribution in [-0.2, 0) is 20.7 Å². The first-order valence-corrected chi connectivity index (χ1v) is 9.09. The maximum absolute atomic E-state index is 13.0. The van der Waals surface area contributed by atoms with Crippen molar-refractivity contribution in [2.24, 2.45) is 5.92 Å². The fourth-order valence-electron chi connectivity index (χ4n) is 3.29. The molecule has 1 aromatic rings. The minimum atomic E-state index is -0.899. The van der Waals surface area contributed by atoms with Crippen LogP contribution in [0.15, 0.2) is 30.3 Å². The number of hydrogen-bond donors (Lipinski definition) is 3. The van der Waals surface area contributed by atoms with E-state index in [1.165, 1.54) is 7.11 Å². The van der Waals surface area contributed by atoms with Gasteiger partial charge < -0.3 is 25.4 Å². The SMILES string of the molecule is COC(=O)NC(Cc1ccccc1)C(=O)N1CCCC(CNCC(=O)O)C1. The Kier molecular flexibility index (Phi) is 8.06. The van der Waals surface area contributed by atoms with Crippen LogP contribution in [0.25, 0.3) is 0 Å². The summed E-state index contributed by atoms with van der Waals surface area (Å²) in [6, 6.07) is 8.79. The van der Waals surface area contributed by atoms with Crippen molar-refractivity contribution < 1.29 is 24.2 Å². The van der Waals surface area contributed by atoms with E-state index in [4.69, 9.17) is 5.11 Å². The first-order valence-electron chi connectivity index (χ1n) is 9.09. The van der Waals surface area contributed by atoms with Crippen molar-refractivity contribution in [2.75, 3.05) is 33.3 Å². The second-order valence-corrected chi connectivity index (χ2v) is 6.70. The molecule has 0 aromatic heterocycles. The average molecular weight is 377 g/mol. The quantitative estimate of drug-likeness (QED) is 0.620. The Balaban J connectivity index is 1.99. The molecule has 1 heterocycles. The number of methoxy groups -OCH3 is 1. The van der Waals surface area contributed by atoms with Crippen molar-refractivity contribution in [1.29, 1.82) is 0 Å². The van der Waals surface area contributed by atoms with E-state index in [0.29, 0.717) is 26.1 Å². The lowest BCUT2D eigenvalue weighted by molar-refractivity contribution is -0.137. The van der Waals surface area contributed by atoms with Crippen molar-refractivity contribution in [3.63, 3.8) is 0 Å².